The molecule has 81 heavy (non-hydrogen) atoms. The van der Waals surface area contributed by atoms with Crippen LogP contribution in [-0.2, 0) is 16.2 Å². The Hall–Kier alpha value is -8.58. The zero-order valence-electron chi connectivity index (χ0n) is 49.4. The van der Waals surface area contributed by atoms with E-state index in [1.807, 2.05) is 0 Å². The normalized spacial score (nSPS) is 14.0. The molecule has 0 radical (unpaired) electrons. The van der Waals surface area contributed by atoms with Crippen LogP contribution in [0.5, 0.6) is 0 Å². The average molecular weight is 1050 g/mol. The zero-order valence-corrected chi connectivity index (χ0v) is 49.4. The van der Waals surface area contributed by atoms with E-state index in [0.29, 0.717) is 0 Å². The summed E-state index contributed by atoms with van der Waals surface area (Å²) >= 11 is 0. The fourth-order valence-electron chi connectivity index (χ4n) is 14.2. The molecule has 15 rings (SSSR count). The number of benzene rings is 11. The Morgan fingerprint density at radius 3 is 0.741 bits per heavy atom. The monoisotopic (exact) mass is 1050 g/mol. The average Bonchev–Trinajstić information content (AvgIpc) is 2.37. The second kappa shape index (κ2) is 20.5. The van der Waals surface area contributed by atoms with E-state index in [-0.39, 0.29) is 16.2 Å². The summed E-state index contributed by atoms with van der Waals surface area (Å²) in [5.41, 5.74) is 38.3. The minimum Gasteiger partial charge on any atom is -0.0622 e. The van der Waals surface area contributed by atoms with E-state index < -0.39 is 0 Å². The van der Waals surface area contributed by atoms with Crippen molar-refractivity contribution in [2.24, 2.45) is 0 Å². The van der Waals surface area contributed by atoms with Gasteiger partial charge in [0.1, 0.15) is 0 Å². The smallest absolute Gasteiger partial charge is 0.0622 e. The molecule has 0 atom stereocenters. The Labute approximate surface area is 482 Å². The number of fused-ring (bicyclic) bond motifs is 16. The van der Waals surface area contributed by atoms with Crippen molar-refractivity contribution in [2.75, 3.05) is 0 Å². The van der Waals surface area contributed by atoms with Crippen LogP contribution in [0.15, 0.2) is 231 Å². The second-order valence-electron chi connectivity index (χ2n) is 24.3. The van der Waals surface area contributed by atoms with Gasteiger partial charge in [0.25, 0.3) is 0 Å². The molecule has 0 amide bonds. The molecule has 0 fully saturated rings. The van der Waals surface area contributed by atoms with Gasteiger partial charge in [0, 0.05) is 5.41 Å². The maximum Gasteiger partial charge on any atom is 0.0725 e. The van der Waals surface area contributed by atoms with Crippen molar-refractivity contribution in [1.82, 2.24) is 0 Å². The first-order valence-electron chi connectivity index (χ1n) is 29.1. The third kappa shape index (κ3) is 8.65. The Morgan fingerprint density at radius 2 is 0.432 bits per heavy atom. The summed E-state index contributed by atoms with van der Waals surface area (Å²) < 4.78 is 0. The van der Waals surface area contributed by atoms with Gasteiger partial charge in [0.15, 0.2) is 0 Å². The number of hydrogen-bond donors (Lipinski definition) is 0. The predicted molar refractivity (Wildman–Crippen MR) is 344 cm³/mol. The van der Waals surface area contributed by atoms with E-state index in [0.717, 1.165) is 0 Å². The van der Waals surface area contributed by atoms with Crippen LogP contribution in [0, 0.1) is 69.2 Å². The van der Waals surface area contributed by atoms with Gasteiger partial charge in [0.05, 0.1) is 10.8 Å². The van der Waals surface area contributed by atoms with Gasteiger partial charge in [-0.15, -0.1) is 0 Å². The lowest BCUT2D eigenvalue weighted by molar-refractivity contribution is 0.659. The fourth-order valence-corrected chi connectivity index (χ4v) is 14.2. The Balaban J connectivity index is 0.000000114. The molecule has 1 spiro atoms. The Bertz CT molecular complexity index is 3840. The Morgan fingerprint density at radius 1 is 0.198 bits per heavy atom. The topological polar surface area (TPSA) is 0 Å². The van der Waals surface area contributed by atoms with Crippen LogP contribution in [0.3, 0.4) is 0 Å². The van der Waals surface area contributed by atoms with Crippen LogP contribution in [-0.4, -0.2) is 0 Å². The first-order chi connectivity index (χ1) is 39.0. The summed E-state index contributed by atoms with van der Waals surface area (Å²) in [7, 11) is 0. The van der Waals surface area contributed by atoms with Gasteiger partial charge >= 0.3 is 0 Å². The molecule has 0 aromatic heterocycles. The van der Waals surface area contributed by atoms with Crippen LogP contribution in [0.25, 0.3) is 44.5 Å². The highest BCUT2D eigenvalue weighted by Gasteiger charge is 2.52. The third-order valence-electron chi connectivity index (χ3n) is 18.4. The lowest BCUT2D eigenvalue weighted by Crippen LogP contribution is -2.28. The zero-order chi connectivity index (χ0) is 56.5. The molecular formula is C81H74. The molecule has 0 saturated carbocycles. The van der Waals surface area contributed by atoms with Crippen molar-refractivity contribution in [3.8, 4) is 44.5 Å². The van der Waals surface area contributed by atoms with Crippen molar-refractivity contribution in [2.45, 2.75) is 99.3 Å². The van der Waals surface area contributed by atoms with E-state index in [9.17, 15) is 0 Å². The van der Waals surface area contributed by atoms with Gasteiger partial charge in [0.2, 0.25) is 0 Å². The molecule has 0 heterocycles. The molecule has 0 bridgehead atoms. The van der Waals surface area contributed by atoms with Gasteiger partial charge in [-0.3, -0.25) is 0 Å². The van der Waals surface area contributed by atoms with Crippen LogP contribution < -0.4 is 0 Å². The molecule has 0 saturated heterocycles. The molecule has 0 unspecified atom stereocenters. The molecule has 398 valence electrons. The van der Waals surface area contributed by atoms with E-state index in [2.05, 4.69) is 314 Å². The molecule has 0 N–H and O–H groups in total. The lowest BCUT2D eigenvalue weighted by Gasteiger charge is -2.34. The summed E-state index contributed by atoms with van der Waals surface area (Å²) in [5, 5.41) is 0. The standard InChI is InChI=1S/C27H20.C27H22.C17H18.C10H14/c1-17-11-13-21-22-14-12-18(2)16-26(22)27(25(21)15-17)23-9-5-3-7-19(23)20-8-4-6-10-24(20)27;1-19-13-15-23-24-16-14-20(2)18-26(24)27(25(23)17-19,21-9-5-3-6-10-21)22-11-7-4-8-12-22;1-11-5-7-13-14-8-6-12(2)10-16(14)17(3,4)15(13)9-11;1-7-5-9(3)10(4)6-8(7)2/h3-16H,1-2H3;3-18H,1-2H3;5-10H,1-4H3;5-6H,1-4H3. The van der Waals surface area contributed by atoms with Crippen LogP contribution in [0.4, 0.5) is 0 Å². The summed E-state index contributed by atoms with van der Waals surface area (Å²) in [6, 6.07) is 85.7. The molecule has 11 aromatic rings. The summed E-state index contributed by atoms with van der Waals surface area (Å²) in [6.07, 6.45) is 0. The van der Waals surface area contributed by atoms with Gasteiger partial charge in [-0.25, -0.2) is 0 Å². The largest absolute Gasteiger partial charge is 0.0725 e. The van der Waals surface area contributed by atoms with Crippen molar-refractivity contribution >= 4 is 0 Å². The predicted octanol–water partition coefficient (Wildman–Crippen LogP) is 20.8. The minimum absolute atomic E-state index is 0.142. The highest BCUT2D eigenvalue weighted by Crippen LogP contribution is 2.63. The fraction of sp³-hybridized carbons (Fsp3) is 0.185. The van der Waals surface area contributed by atoms with Gasteiger partial charge in [-0.05, 0) is 192 Å². The van der Waals surface area contributed by atoms with E-state index in [1.54, 1.807) is 0 Å². The van der Waals surface area contributed by atoms with Crippen LogP contribution in [0.2, 0.25) is 0 Å². The number of hydrogen-bond acceptors (Lipinski definition) is 0. The van der Waals surface area contributed by atoms with Crippen molar-refractivity contribution in [1.29, 1.82) is 0 Å². The molecular weight excluding hydrogens is 973 g/mol. The molecule has 0 heteroatoms. The third-order valence-corrected chi connectivity index (χ3v) is 18.4. The summed E-state index contributed by atoms with van der Waals surface area (Å²) in [6.45, 7) is 26.4. The minimum atomic E-state index is -0.273. The number of aryl methyl sites for hydroxylation is 10. The Kier molecular flexibility index (Phi) is 13.4. The van der Waals surface area contributed by atoms with Crippen molar-refractivity contribution in [3.05, 3.63) is 342 Å². The highest BCUT2D eigenvalue weighted by molar-refractivity contribution is 5.95. The maximum atomic E-state index is 2.41. The van der Waals surface area contributed by atoms with Crippen LogP contribution >= 0.6 is 0 Å². The van der Waals surface area contributed by atoms with Gasteiger partial charge < -0.3 is 0 Å². The van der Waals surface area contributed by atoms with Crippen molar-refractivity contribution in [3.63, 3.8) is 0 Å². The van der Waals surface area contributed by atoms with E-state index in [4.69, 9.17) is 0 Å². The molecule has 0 aliphatic heterocycles. The van der Waals surface area contributed by atoms with Crippen molar-refractivity contribution < 1.29 is 0 Å². The first-order valence-corrected chi connectivity index (χ1v) is 29.1. The quantitative estimate of drug-likeness (QED) is 0.162. The lowest BCUT2D eigenvalue weighted by atomic mass is 9.67. The van der Waals surface area contributed by atoms with Gasteiger partial charge in [-0.2, -0.15) is 0 Å². The van der Waals surface area contributed by atoms with E-state index >= 15 is 0 Å². The summed E-state index contributed by atoms with van der Waals surface area (Å²) in [5.74, 6) is 0. The number of rotatable bonds is 2. The molecule has 4 aliphatic carbocycles. The maximum absolute atomic E-state index is 2.41. The molecule has 0 nitrogen and oxygen atoms in total. The van der Waals surface area contributed by atoms with Crippen LogP contribution in [0.1, 0.15) is 125 Å². The second-order valence-corrected chi connectivity index (χ2v) is 24.3. The van der Waals surface area contributed by atoms with E-state index in [1.165, 1.54) is 156 Å². The molecule has 4 aliphatic rings. The van der Waals surface area contributed by atoms with Gasteiger partial charge in [-0.1, -0.05) is 278 Å². The first kappa shape index (κ1) is 53.1. The highest BCUT2D eigenvalue weighted by atomic mass is 14.5. The molecule has 11 aromatic carbocycles. The SMILES string of the molecule is Cc1cc(C)c(C)cc1C.Cc1ccc2c(c1)C(C)(C)c1cc(C)ccc1-2.Cc1ccc2c(c1)C(c1ccccc1)(c1ccccc1)c1cc(C)ccc1-2.Cc1ccc2c(c1)C1(c3ccccc3-c3ccccc31)c1cc(C)ccc1-2. The summed E-state index contributed by atoms with van der Waals surface area (Å²) in [4.78, 5) is 0.